The molecule has 0 bridgehead atoms. The minimum Gasteiger partial charge on any atom is -0.383 e. The first-order valence-corrected chi connectivity index (χ1v) is 8.18. The van der Waals surface area contributed by atoms with Crippen LogP contribution in [0, 0.1) is 0 Å². The third-order valence-electron chi connectivity index (χ3n) is 0.836. The molecular formula is C5H15NOSi2. The van der Waals surface area contributed by atoms with Gasteiger partial charge in [0.15, 0.2) is 0 Å². The zero-order chi connectivity index (χ0) is 7.49. The molecule has 54 valence electrons. The Morgan fingerprint density at radius 1 is 1.56 bits per heavy atom. The van der Waals surface area contributed by atoms with Crippen LogP contribution in [0.25, 0.3) is 0 Å². The van der Waals surface area contributed by atoms with Crippen molar-refractivity contribution in [3.8, 4) is 0 Å². The van der Waals surface area contributed by atoms with E-state index in [2.05, 4.69) is 24.6 Å². The highest BCUT2D eigenvalue weighted by Crippen LogP contribution is 1.93. The second kappa shape index (κ2) is 3.17. The number of carbonyl (C=O) groups excluding carboxylic acids is 1. The van der Waals surface area contributed by atoms with E-state index < -0.39 is 8.24 Å². The molecule has 0 aliphatic heterocycles. The van der Waals surface area contributed by atoms with E-state index in [1.165, 1.54) is 0 Å². The molecule has 9 heavy (non-hydrogen) atoms. The SMILES string of the molecule is C[Si](C)(C)NC(=O)C[SiH3]. The van der Waals surface area contributed by atoms with Crippen LogP contribution in [-0.4, -0.2) is 24.4 Å². The van der Waals surface area contributed by atoms with Gasteiger partial charge in [0, 0.05) is 16.3 Å². The lowest BCUT2D eigenvalue weighted by Crippen LogP contribution is -2.44. The average molecular weight is 161 g/mol. The Bertz CT molecular complexity index is 108. The number of carbonyl (C=O) groups is 1. The molecular weight excluding hydrogens is 146 g/mol. The van der Waals surface area contributed by atoms with Crippen LogP contribution < -0.4 is 4.98 Å². The Labute approximate surface area is 60.5 Å². The minimum atomic E-state index is -1.32. The van der Waals surface area contributed by atoms with Gasteiger partial charge in [0.2, 0.25) is 5.91 Å². The Balaban J connectivity index is 3.60. The number of amides is 1. The summed E-state index contributed by atoms with van der Waals surface area (Å²) in [6.07, 6.45) is 0. The number of nitrogens with one attached hydrogen (secondary N) is 1. The molecule has 2 nitrogen and oxygen atoms in total. The maximum atomic E-state index is 10.8. The maximum Gasteiger partial charge on any atom is 0.208 e. The van der Waals surface area contributed by atoms with E-state index in [0.717, 1.165) is 16.3 Å². The molecule has 4 heteroatoms. The lowest BCUT2D eigenvalue weighted by Gasteiger charge is -2.16. The Morgan fingerprint density at radius 2 is 2.00 bits per heavy atom. The zero-order valence-electron chi connectivity index (χ0n) is 6.62. The summed E-state index contributed by atoms with van der Waals surface area (Å²) in [5.74, 6) is 0.237. The fraction of sp³-hybridized carbons (Fsp3) is 0.800. The summed E-state index contributed by atoms with van der Waals surface area (Å²) < 4.78 is 0. The lowest BCUT2D eigenvalue weighted by molar-refractivity contribution is -0.117. The molecule has 0 heterocycles. The van der Waals surface area contributed by atoms with Crippen molar-refractivity contribution in [2.24, 2.45) is 0 Å². The quantitative estimate of drug-likeness (QED) is 0.555. The van der Waals surface area contributed by atoms with Gasteiger partial charge in [0.1, 0.15) is 8.24 Å². The fourth-order valence-electron chi connectivity index (χ4n) is 0.507. The van der Waals surface area contributed by atoms with Crippen LogP contribution in [0.3, 0.4) is 0 Å². The summed E-state index contributed by atoms with van der Waals surface area (Å²) in [5.41, 5.74) is 0. The standard InChI is InChI=1S/C5H15NOSi2/c1-9(2,3)6-5(7)4-8/h4H2,1-3,8H3,(H,6,7). The van der Waals surface area contributed by atoms with Crippen LogP contribution in [0.5, 0.6) is 0 Å². The van der Waals surface area contributed by atoms with Crippen molar-refractivity contribution in [3.63, 3.8) is 0 Å². The monoisotopic (exact) mass is 161 g/mol. The van der Waals surface area contributed by atoms with Crippen molar-refractivity contribution < 1.29 is 4.79 Å². The van der Waals surface area contributed by atoms with Gasteiger partial charge in [-0.1, -0.05) is 19.6 Å². The van der Waals surface area contributed by atoms with Gasteiger partial charge in [-0.05, 0) is 0 Å². The predicted octanol–water partition coefficient (Wildman–Crippen LogP) is -0.279. The van der Waals surface area contributed by atoms with Gasteiger partial charge >= 0.3 is 0 Å². The molecule has 1 amide bonds. The van der Waals surface area contributed by atoms with Crippen molar-refractivity contribution in [1.82, 2.24) is 4.98 Å². The minimum absolute atomic E-state index is 0.237. The van der Waals surface area contributed by atoms with E-state index in [9.17, 15) is 4.79 Å². The first-order valence-electron chi connectivity index (χ1n) is 3.26. The highest BCUT2D eigenvalue weighted by Gasteiger charge is 2.14. The predicted molar refractivity (Wildman–Crippen MR) is 46.2 cm³/mol. The Morgan fingerprint density at radius 3 is 2.11 bits per heavy atom. The van der Waals surface area contributed by atoms with Gasteiger partial charge in [-0.25, -0.2) is 0 Å². The summed E-state index contributed by atoms with van der Waals surface area (Å²) in [6, 6.07) is 0.740. The van der Waals surface area contributed by atoms with Crippen molar-refractivity contribution in [2.75, 3.05) is 0 Å². The van der Waals surface area contributed by atoms with E-state index in [-0.39, 0.29) is 5.91 Å². The van der Waals surface area contributed by atoms with Crippen molar-refractivity contribution in [1.29, 1.82) is 0 Å². The molecule has 0 saturated carbocycles. The van der Waals surface area contributed by atoms with Crippen LogP contribution in [0.2, 0.25) is 25.7 Å². The smallest absolute Gasteiger partial charge is 0.208 e. The van der Waals surface area contributed by atoms with Crippen LogP contribution in [0.15, 0.2) is 0 Å². The van der Waals surface area contributed by atoms with Gasteiger partial charge in [0.05, 0.1) is 0 Å². The Hall–Kier alpha value is -0.0962. The van der Waals surface area contributed by atoms with Gasteiger partial charge < -0.3 is 4.98 Å². The number of hydrogen-bond acceptors (Lipinski definition) is 1. The molecule has 0 spiro atoms. The van der Waals surface area contributed by atoms with Gasteiger partial charge in [-0.3, -0.25) is 4.79 Å². The van der Waals surface area contributed by atoms with E-state index in [1.807, 2.05) is 0 Å². The molecule has 0 saturated heterocycles. The fourth-order valence-corrected chi connectivity index (χ4v) is 2.05. The Kier molecular flexibility index (Phi) is 3.13. The lowest BCUT2D eigenvalue weighted by atomic mass is 10.8. The number of hydrogen-bond donors (Lipinski definition) is 1. The third-order valence-corrected chi connectivity index (χ3v) is 2.51. The van der Waals surface area contributed by atoms with Gasteiger partial charge in [-0.15, -0.1) is 0 Å². The van der Waals surface area contributed by atoms with Crippen molar-refractivity contribution >= 4 is 24.4 Å². The van der Waals surface area contributed by atoms with Crippen LogP contribution in [0.4, 0.5) is 0 Å². The largest absolute Gasteiger partial charge is 0.383 e. The van der Waals surface area contributed by atoms with Crippen LogP contribution in [0.1, 0.15) is 0 Å². The second-order valence-electron chi connectivity index (χ2n) is 3.15. The van der Waals surface area contributed by atoms with E-state index in [1.54, 1.807) is 0 Å². The van der Waals surface area contributed by atoms with Crippen LogP contribution >= 0.6 is 0 Å². The summed E-state index contributed by atoms with van der Waals surface area (Å²) >= 11 is 0. The number of rotatable bonds is 2. The molecule has 0 atom stereocenters. The molecule has 0 aliphatic rings. The van der Waals surface area contributed by atoms with Gasteiger partial charge in [0.25, 0.3) is 0 Å². The van der Waals surface area contributed by atoms with Crippen LogP contribution in [-0.2, 0) is 4.79 Å². The molecule has 1 N–H and O–H groups in total. The molecule has 0 aliphatic carbocycles. The second-order valence-corrected chi connectivity index (χ2v) is 8.61. The summed E-state index contributed by atoms with van der Waals surface area (Å²) in [7, 11) is -0.342. The normalized spacial score (nSPS) is 11.4. The van der Waals surface area contributed by atoms with Crippen molar-refractivity contribution in [2.45, 2.75) is 25.7 Å². The zero-order valence-corrected chi connectivity index (χ0v) is 9.62. The first kappa shape index (κ1) is 8.90. The third kappa shape index (κ3) is 5.78. The first-order chi connectivity index (χ1) is 3.95. The molecule has 0 aromatic carbocycles. The molecule has 0 aromatic heterocycles. The molecule has 0 aromatic rings. The summed E-state index contributed by atoms with van der Waals surface area (Å²) in [4.78, 5) is 13.8. The van der Waals surface area contributed by atoms with E-state index in [4.69, 9.17) is 0 Å². The molecule has 0 fully saturated rings. The van der Waals surface area contributed by atoms with Gasteiger partial charge in [-0.2, -0.15) is 0 Å². The summed E-state index contributed by atoms with van der Waals surface area (Å²) in [6.45, 7) is 6.38. The summed E-state index contributed by atoms with van der Waals surface area (Å²) in [5, 5.41) is 0. The molecule has 0 unspecified atom stereocenters. The van der Waals surface area contributed by atoms with Crippen molar-refractivity contribution in [3.05, 3.63) is 0 Å². The van der Waals surface area contributed by atoms with E-state index >= 15 is 0 Å². The average Bonchev–Trinajstić information content (AvgIpc) is 1.62. The van der Waals surface area contributed by atoms with E-state index in [0.29, 0.717) is 0 Å². The maximum absolute atomic E-state index is 10.8. The molecule has 0 radical (unpaired) electrons. The highest BCUT2D eigenvalue weighted by atomic mass is 28.3. The highest BCUT2D eigenvalue weighted by molar-refractivity contribution is 6.76. The molecule has 0 rings (SSSR count). The topological polar surface area (TPSA) is 29.1 Å².